The minimum atomic E-state index is -0.494. The van der Waals surface area contributed by atoms with Gasteiger partial charge in [0.1, 0.15) is 11.4 Å². The first-order valence-electron chi connectivity index (χ1n) is 9.21. The summed E-state index contributed by atoms with van der Waals surface area (Å²) in [6.07, 6.45) is 1.71. The summed E-state index contributed by atoms with van der Waals surface area (Å²) in [6, 6.07) is 10.1. The van der Waals surface area contributed by atoms with Crippen molar-refractivity contribution in [3.63, 3.8) is 0 Å². The zero-order valence-corrected chi connectivity index (χ0v) is 17.1. The number of halogens is 1. The molecule has 0 aromatic heterocycles. The van der Waals surface area contributed by atoms with Crippen molar-refractivity contribution in [2.75, 3.05) is 11.5 Å². The van der Waals surface area contributed by atoms with E-state index in [1.54, 1.807) is 30.3 Å². The van der Waals surface area contributed by atoms with Gasteiger partial charge in [-0.15, -0.1) is 0 Å². The minimum Gasteiger partial charge on any atom is -0.494 e. The third-order valence-electron chi connectivity index (χ3n) is 4.56. The van der Waals surface area contributed by atoms with E-state index < -0.39 is 11.9 Å². The smallest absolute Gasteiger partial charge is 0.333 e. The molecule has 0 bridgehead atoms. The van der Waals surface area contributed by atoms with Crippen molar-refractivity contribution in [2.45, 2.75) is 33.6 Å². The van der Waals surface area contributed by atoms with E-state index in [1.165, 1.54) is 0 Å². The third-order valence-corrected chi connectivity index (χ3v) is 4.80. The van der Waals surface area contributed by atoms with Crippen LogP contribution in [0.4, 0.5) is 10.5 Å². The molecule has 0 unspecified atom stereocenters. The zero-order valence-electron chi connectivity index (χ0n) is 16.4. The van der Waals surface area contributed by atoms with Gasteiger partial charge in [0.15, 0.2) is 0 Å². The monoisotopic (exact) mass is 398 g/mol. The van der Waals surface area contributed by atoms with Crippen LogP contribution in [0.1, 0.15) is 43.4 Å². The van der Waals surface area contributed by atoms with Crippen LogP contribution in [0, 0.1) is 6.92 Å². The van der Waals surface area contributed by atoms with Crippen LogP contribution in [0.2, 0.25) is 5.02 Å². The molecule has 1 N–H and O–H groups in total. The molecular formula is C22H23ClN2O3. The van der Waals surface area contributed by atoms with Gasteiger partial charge in [0, 0.05) is 5.02 Å². The molecule has 3 rings (SSSR count). The maximum atomic E-state index is 12.8. The van der Waals surface area contributed by atoms with Crippen molar-refractivity contribution in [3.8, 4) is 5.75 Å². The quantitative estimate of drug-likeness (QED) is 0.551. The Morgan fingerprint density at radius 2 is 1.96 bits per heavy atom. The summed E-state index contributed by atoms with van der Waals surface area (Å²) in [6.45, 7) is 8.67. The average Bonchev–Trinajstić information content (AvgIpc) is 2.90. The van der Waals surface area contributed by atoms with Crippen molar-refractivity contribution in [2.24, 2.45) is 0 Å². The number of benzene rings is 2. The second kappa shape index (κ2) is 8.07. The number of rotatable bonds is 5. The van der Waals surface area contributed by atoms with E-state index in [1.807, 2.05) is 26.0 Å². The van der Waals surface area contributed by atoms with E-state index >= 15 is 0 Å². The van der Waals surface area contributed by atoms with Crippen molar-refractivity contribution >= 4 is 35.3 Å². The van der Waals surface area contributed by atoms with E-state index in [4.69, 9.17) is 16.3 Å². The molecule has 0 saturated carbocycles. The lowest BCUT2D eigenvalue weighted by molar-refractivity contribution is -0.113. The number of amides is 3. The molecular weight excluding hydrogens is 376 g/mol. The summed E-state index contributed by atoms with van der Waals surface area (Å²) < 4.78 is 5.75. The normalized spacial score (nSPS) is 15.5. The average molecular weight is 399 g/mol. The Labute approximate surface area is 169 Å². The van der Waals surface area contributed by atoms with Crippen LogP contribution < -0.4 is 15.0 Å². The van der Waals surface area contributed by atoms with Crippen molar-refractivity contribution in [1.29, 1.82) is 0 Å². The Hall–Kier alpha value is -2.79. The number of urea groups is 1. The zero-order chi connectivity index (χ0) is 20.4. The number of nitrogens with one attached hydrogen (secondary N) is 1. The molecule has 28 heavy (non-hydrogen) atoms. The van der Waals surface area contributed by atoms with E-state index in [9.17, 15) is 9.59 Å². The number of aryl methyl sites for hydroxylation is 1. The van der Waals surface area contributed by atoms with Crippen LogP contribution in [0.15, 0.2) is 42.1 Å². The molecule has 2 aromatic rings. The number of anilines is 1. The number of carbonyl (C=O) groups is 2. The lowest BCUT2D eigenvalue weighted by Gasteiger charge is -2.16. The van der Waals surface area contributed by atoms with Gasteiger partial charge in [-0.2, -0.15) is 0 Å². The van der Waals surface area contributed by atoms with Gasteiger partial charge in [-0.05, 0) is 72.9 Å². The van der Waals surface area contributed by atoms with Crippen LogP contribution in [0.5, 0.6) is 5.75 Å². The second-order valence-electron chi connectivity index (χ2n) is 6.94. The van der Waals surface area contributed by atoms with Crippen molar-refractivity contribution in [3.05, 3.63) is 63.8 Å². The van der Waals surface area contributed by atoms with Crippen LogP contribution in [0.25, 0.3) is 6.08 Å². The molecule has 1 saturated heterocycles. The fourth-order valence-electron chi connectivity index (χ4n) is 3.14. The van der Waals surface area contributed by atoms with E-state index in [0.717, 1.165) is 27.3 Å². The van der Waals surface area contributed by atoms with Crippen LogP contribution in [0.3, 0.4) is 0 Å². The largest absolute Gasteiger partial charge is 0.494 e. The van der Waals surface area contributed by atoms with Gasteiger partial charge in [0.05, 0.1) is 12.3 Å². The standard InChI is InChI=1S/C22H23ClN2O3/c1-5-28-20-9-14(4)15(10-18(20)13(2)3)11-19-21(26)25(22(27)24-19)17-8-6-7-16(23)12-17/h6-13H,5H2,1-4H3,(H,24,27)/b19-11-. The molecule has 6 heteroatoms. The third kappa shape index (κ3) is 3.90. The Bertz CT molecular complexity index is 966. The number of ether oxygens (including phenoxy) is 1. The van der Waals surface area contributed by atoms with E-state index in [0.29, 0.717) is 17.3 Å². The molecule has 5 nitrogen and oxygen atoms in total. The summed E-state index contributed by atoms with van der Waals surface area (Å²) >= 11 is 6.00. The molecule has 1 fully saturated rings. The van der Waals surface area contributed by atoms with Gasteiger partial charge >= 0.3 is 6.03 Å². The lowest BCUT2D eigenvalue weighted by atomic mass is 9.96. The second-order valence-corrected chi connectivity index (χ2v) is 7.38. The van der Waals surface area contributed by atoms with E-state index in [2.05, 4.69) is 19.2 Å². The molecule has 1 aliphatic heterocycles. The highest BCUT2D eigenvalue weighted by Gasteiger charge is 2.35. The minimum absolute atomic E-state index is 0.229. The Morgan fingerprint density at radius 1 is 1.21 bits per heavy atom. The number of hydrogen-bond acceptors (Lipinski definition) is 3. The lowest BCUT2D eigenvalue weighted by Crippen LogP contribution is -2.30. The van der Waals surface area contributed by atoms with Crippen LogP contribution in [-0.2, 0) is 4.79 Å². The summed E-state index contributed by atoms with van der Waals surface area (Å²) in [4.78, 5) is 26.3. The first kappa shape index (κ1) is 20.0. The first-order valence-corrected chi connectivity index (χ1v) is 9.59. The Morgan fingerprint density at radius 3 is 2.61 bits per heavy atom. The number of nitrogens with zero attached hydrogens (tertiary/aromatic N) is 1. The molecule has 0 aliphatic carbocycles. The van der Waals surface area contributed by atoms with Gasteiger partial charge < -0.3 is 10.1 Å². The predicted molar refractivity (Wildman–Crippen MR) is 112 cm³/mol. The fourth-order valence-corrected chi connectivity index (χ4v) is 3.33. The van der Waals surface area contributed by atoms with Gasteiger partial charge in [0.2, 0.25) is 0 Å². The molecule has 146 valence electrons. The SMILES string of the molecule is CCOc1cc(C)c(/C=C2\NC(=O)N(c3cccc(Cl)c3)C2=O)cc1C(C)C. The van der Waals surface area contributed by atoms with E-state index in [-0.39, 0.29) is 11.6 Å². The summed E-state index contributed by atoms with van der Waals surface area (Å²) in [5.74, 6) is 0.697. The van der Waals surface area contributed by atoms with Gasteiger partial charge in [-0.25, -0.2) is 9.69 Å². The molecule has 0 radical (unpaired) electrons. The highest BCUT2D eigenvalue weighted by atomic mass is 35.5. The Balaban J connectivity index is 1.99. The first-order chi connectivity index (χ1) is 13.3. The number of imide groups is 1. The van der Waals surface area contributed by atoms with Gasteiger partial charge in [-0.3, -0.25) is 4.79 Å². The maximum Gasteiger partial charge on any atom is 0.333 e. The highest BCUT2D eigenvalue weighted by molar-refractivity contribution is 6.32. The van der Waals surface area contributed by atoms with Crippen molar-refractivity contribution in [1.82, 2.24) is 5.32 Å². The predicted octanol–water partition coefficient (Wildman–Crippen LogP) is 5.27. The summed E-state index contributed by atoms with van der Waals surface area (Å²) in [5, 5.41) is 3.12. The van der Waals surface area contributed by atoms with Gasteiger partial charge in [0.25, 0.3) is 5.91 Å². The number of carbonyl (C=O) groups excluding carboxylic acids is 2. The van der Waals surface area contributed by atoms with Crippen LogP contribution in [-0.4, -0.2) is 18.5 Å². The molecule has 0 atom stereocenters. The Kier molecular flexibility index (Phi) is 5.75. The van der Waals surface area contributed by atoms with Crippen LogP contribution >= 0.6 is 11.6 Å². The number of hydrogen-bond donors (Lipinski definition) is 1. The molecule has 1 aliphatic rings. The molecule has 3 amide bonds. The fraction of sp³-hybridized carbons (Fsp3) is 0.273. The van der Waals surface area contributed by atoms with Gasteiger partial charge in [-0.1, -0.05) is 31.5 Å². The molecule has 1 heterocycles. The summed E-state index contributed by atoms with van der Waals surface area (Å²) in [5.41, 5.74) is 3.55. The topological polar surface area (TPSA) is 58.6 Å². The highest BCUT2D eigenvalue weighted by Crippen LogP contribution is 2.32. The molecule has 2 aromatic carbocycles. The van der Waals surface area contributed by atoms with Crippen molar-refractivity contribution < 1.29 is 14.3 Å². The molecule has 0 spiro atoms. The summed E-state index contributed by atoms with van der Waals surface area (Å²) in [7, 11) is 0. The maximum absolute atomic E-state index is 12.8.